The van der Waals surface area contributed by atoms with Gasteiger partial charge in [-0.3, -0.25) is 19.3 Å². The predicted octanol–water partition coefficient (Wildman–Crippen LogP) is -0.196. The Labute approximate surface area is 111 Å². The summed E-state index contributed by atoms with van der Waals surface area (Å²) in [5, 5.41) is 0. The molecule has 19 heavy (non-hydrogen) atoms. The van der Waals surface area contributed by atoms with Crippen LogP contribution < -0.4 is 5.73 Å². The van der Waals surface area contributed by atoms with E-state index in [2.05, 4.69) is 0 Å². The fraction of sp³-hybridized carbons (Fsp3) is 0.769. The van der Waals surface area contributed by atoms with E-state index >= 15 is 0 Å². The van der Waals surface area contributed by atoms with Crippen molar-refractivity contribution in [2.24, 2.45) is 16.6 Å². The van der Waals surface area contributed by atoms with Crippen LogP contribution in [0, 0.1) is 10.8 Å². The van der Waals surface area contributed by atoms with Crippen molar-refractivity contribution in [2.45, 2.75) is 45.3 Å². The number of fused-ring (bicyclic) bond motifs is 5. The molecule has 0 unspecified atom stereocenters. The summed E-state index contributed by atoms with van der Waals surface area (Å²) in [5.74, 6) is -0.936. The lowest BCUT2D eigenvalue weighted by molar-refractivity contribution is -0.145. The van der Waals surface area contributed by atoms with Crippen LogP contribution in [0.1, 0.15) is 33.1 Å². The number of rotatable bonds is 3. The monoisotopic (exact) mass is 266 g/mol. The van der Waals surface area contributed by atoms with Crippen LogP contribution in [-0.4, -0.2) is 41.4 Å². The minimum Gasteiger partial charge on any atom is -0.373 e. The number of carbonyl (C=O) groups is 3. The molecule has 0 spiro atoms. The van der Waals surface area contributed by atoms with Gasteiger partial charge >= 0.3 is 0 Å². The Hall–Kier alpha value is -1.43. The van der Waals surface area contributed by atoms with Crippen LogP contribution in [0.4, 0.5) is 0 Å². The van der Waals surface area contributed by atoms with Crippen molar-refractivity contribution in [2.75, 3.05) is 6.54 Å². The van der Waals surface area contributed by atoms with Gasteiger partial charge in [-0.05, 0) is 26.7 Å². The first-order valence-electron chi connectivity index (χ1n) is 6.63. The van der Waals surface area contributed by atoms with Gasteiger partial charge in [-0.1, -0.05) is 0 Å². The summed E-state index contributed by atoms with van der Waals surface area (Å²) in [6.45, 7) is 3.72. The fourth-order valence-corrected chi connectivity index (χ4v) is 3.95. The quantitative estimate of drug-likeness (QED) is 0.717. The molecule has 3 fully saturated rings. The standard InChI is InChI=1S/C13H18N2O4/c1-12-7-3-4-8(19-7)13(12,2)11(18)15(10(12)17)6-5-9(14)16/h7-8H,3-6H2,1-2H3,(H2,14,16)/t7-,8+,12+,13-. The molecule has 6 heteroatoms. The second kappa shape index (κ2) is 3.56. The Morgan fingerprint density at radius 2 is 1.74 bits per heavy atom. The highest BCUT2D eigenvalue weighted by Crippen LogP contribution is 2.64. The maximum atomic E-state index is 12.6. The summed E-state index contributed by atoms with van der Waals surface area (Å²) in [5.41, 5.74) is 3.52. The Kier molecular flexibility index (Phi) is 2.36. The van der Waals surface area contributed by atoms with E-state index < -0.39 is 16.7 Å². The molecule has 2 bridgehead atoms. The molecule has 3 heterocycles. The molecule has 0 aromatic carbocycles. The van der Waals surface area contributed by atoms with Gasteiger partial charge in [0.25, 0.3) is 0 Å². The van der Waals surface area contributed by atoms with Crippen LogP contribution >= 0.6 is 0 Å². The van der Waals surface area contributed by atoms with Crippen LogP contribution in [-0.2, 0) is 19.1 Å². The number of hydrogen-bond acceptors (Lipinski definition) is 4. The SMILES string of the molecule is C[C@@]12C(=O)N(CCC(N)=O)C(=O)[C@]1(C)[C@H]1CC[C@@H]2O1. The third-order valence-electron chi connectivity index (χ3n) is 5.35. The van der Waals surface area contributed by atoms with Gasteiger partial charge in [0.05, 0.1) is 23.0 Å². The minimum absolute atomic E-state index is 0.0137. The van der Waals surface area contributed by atoms with Gasteiger partial charge in [0.1, 0.15) is 0 Å². The second-order valence-electron chi connectivity index (χ2n) is 6.07. The predicted molar refractivity (Wildman–Crippen MR) is 64.6 cm³/mol. The third-order valence-corrected chi connectivity index (χ3v) is 5.35. The van der Waals surface area contributed by atoms with Crippen LogP contribution in [0.5, 0.6) is 0 Å². The van der Waals surface area contributed by atoms with Gasteiger partial charge in [-0.2, -0.15) is 0 Å². The highest BCUT2D eigenvalue weighted by Gasteiger charge is 2.76. The number of hydrogen-bond donors (Lipinski definition) is 1. The molecule has 0 radical (unpaired) electrons. The lowest BCUT2D eigenvalue weighted by Crippen LogP contribution is -2.48. The first kappa shape index (κ1) is 12.6. The Bertz CT molecular complexity index is 457. The normalized spacial score (nSPS) is 44.0. The molecule has 0 aliphatic carbocycles. The lowest BCUT2D eigenvalue weighted by atomic mass is 9.59. The van der Waals surface area contributed by atoms with Gasteiger partial charge in [0.2, 0.25) is 17.7 Å². The summed E-state index contributed by atoms with van der Waals surface area (Å²) < 4.78 is 5.80. The first-order valence-corrected chi connectivity index (χ1v) is 6.63. The third kappa shape index (κ3) is 1.23. The van der Waals surface area contributed by atoms with Gasteiger partial charge < -0.3 is 10.5 Å². The van der Waals surface area contributed by atoms with E-state index in [9.17, 15) is 14.4 Å². The highest BCUT2D eigenvalue weighted by molar-refractivity contribution is 6.10. The van der Waals surface area contributed by atoms with Crippen molar-refractivity contribution in [3.05, 3.63) is 0 Å². The average molecular weight is 266 g/mol. The van der Waals surface area contributed by atoms with E-state index in [0.29, 0.717) is 0 Å². The van der Waals surface area contributed by atoms with E-state index in [1.165, 1.54) is 4.90 Å². The van der Waals surface area contributed by atoms with Crippen molar-refractivity contribution in [1.82, 2.24) is 4.90 Å². The maximum absolute atomic E-state index is 12.6. The molecule has 3 saturated heterocycles. The van der Waals surface area contributed by atoms with Crippen molar-refractivity contribution in [3.63, 3.8) is 0 Å². The zero-order chi connectivity index (χ0) is 14.0. The number of imide groups is 1. The molecule has 3 rings (SSSR count). The van der Waals surface area contributed by atoms with Crippen LogP contribution in [0.25, 0.3) is 0 Å². The van der Waals surface area contributed by atoms with Gasteiger partial charge in [-0.15, -0.1) is 0 Å². The molecular formula is C13H18N2O4. The lowest BCUT2D eigenvalue weighted by Gasteiger charge is -2.36. The molecule has 104 valence electrons. The number of amides is 3. The molecule has 3 aliphatic rings. The fourth-order valence-electron chi connectivity index (χ4n) is 3.95. The largest absolute Gasteiger partial charge is 0.373 e. The Morgan fingerprint density at radius 3 is 2.16 bits per heavy atom. The van der Waals surface area contributed by atoms with Gasteiger partial charge in [-0.25, -0.2) is 0 Å². The molecule has 3 aliphatic heterocycles. The Morgan fingerprint density at radius 1 is 1.26 bits per heavy atom. The molecular weight excluding hydrogens is 248 g/mol. The summed E-state index contributed by atoms with van der Waals surface area (Å²) >= 11 is 0. The zero-order valence-electron chi connectivity index (χ0n) is 11.1. The number of carbonyl (C=O) groups excluding carboxylic acids is 3. The number of nitrogens with zero attached hydrogens (tertiary/aromatic N) is 1. The first-order chi connectivity index (χ1) is 8.83. The van der Waals surface area contributed by atoms with Crippen molar-refractivity contribution < 1.29 is 19.1 Å². The zero-order valence-corrected chi connectivity index (χ0v) is 11.1. The molecule has 0 aromatic heterocycles. The average Bonchev–Trinajstić information content (AvgIpc) is 2.95. The molecule has 0 aromatic rings. The summed E-state index contributed by atoms with van der Waals surface area (Å²) in [6.07, 6.45) is 1.29. The van der Waals surface area contributed by atoms with E-state index in [1.54, 1.807) is 0 Å². The van der Waals surface area contributed by atoms with Gasteiger partial charge in [0, 0.05) is 13.0 Å². The molecule has 0 saturated carbocycles. The van der Waals surface area contributed by atoms with Gasteiger partial charge in [0.15, 0.2) is 0 Å². The van der Waals surface area contributed by atoms with E-state index in [0.717, 1.165) is 12.8 Å². The van der Waals surface area contributed by atoms with Crippen molar-refractivity contribution >= 4 is 17.7 Å². The number of likely N-dealkylation sites (tertiary alicyclic amines) is 1. The molecule has 4 atom stereocenters. The molecule has 3 amide bonds. The van der Waals surface area contributed by atoms with Crippen LogP contribution in [0.3, 0.4) is 0 Å². The number of primary amides is 1. The van der Waals surface area contributed by atoms with Crippen molar-refractivity contribution in [1.29, 1.82) is 0 Å². The number of nitrogens with two attached hydrogens (primary N) is 1. The molecule has 6 nitrogen and oxygen atoms in total. The summed E-state index contributed by atoms with van der Waals surface area (Å²) in [4.78, 5) is 37.3. The smallest absolute Gasteiger partial charge is 0.238 e. The highest BCUT2D eigenvalue weighted by atomic mass is 16.5. The summed E-state index contributed by atoms with van der Waals surface area (Å²) in [6, 6.07) is 0. The van der Waals surface area contributed by atoms with Crippen molar-refractivity contribution in [3.8, 4) is 0 Å². The Balaban J connectivity index is 1.96. The second-order valence-corrected chi connectivity index (χ2v) is 6.07. The molecule has 2 N–H and O–H groups in total. The van der Waals surface area contributed by atoms with E-state index in [4.69, 9.17) is 10.5 Å². The van der Waals surface area contributed by atoms with E-state index in [1.807, 2.05) is 13.8 Å². The maximum Gasteiger partial charge on any atom is 0.238 e. The van der Waals surface area contributed by atoms with Crippen LogP contribution in [0.15, 0.2) is 0 Å². The number of ether oxygens (including phenoxy) is 1. The summed E-state index contributed by atoms with van der Waals surface area (Å²) in [7, 11) is 0. The van der Waals surface area contributed by atoms with Crippen LogP contribution in [0.2, 0.25) is 0 Å². The minimum atomic E-state index is -0.787. The topological polar surface area (TPSA) is 89.7 Å². The van der Waals surface area contributed by atoms with E-state index in [-0.39, 0.29) is 37.0 Å².